The Hall–Kier alpha value is -2.04. The number of carboxylic acids is 1. The zero-order valence-electron chi connectivity index (χ0n) is 12.3. The number of furan rings is 1. The normalized spacial score (nSPS) is 11.2. The van der Waals surface area contributed by atoms with Gasteiger partial charge in [-0.25, -0.2) is 4.79 Å². The minimum atomic E-state index is -0.963. The fourth-order valence-electron chi connectivity index (χ4n) is 2.46. The van der Waals surface area contributed by atoms with Crippen LogP contribution >= 0.6 is 0 Å². The Bertz CT molecular complexity index is 621. The topological polar surface area (TPSA) is 68.3 Å². The second kappa shape index (κ2) is 5.53. The first-order valence-corrected chi connectivity index (χ1v) is 6.87. The van der Waals surface area contributed by atoms with Gasteiger partial charge in [-0.05, 0) is 32.8 Å². The van der Waals surface area contributed by atoms with Crippen molar-refractivity contribution in [2.24, 2.45) is 0 Å². The number of carboxylic acid groups (broad SMARTS) is 1. The first-order chi connectivity index (χ1) is 9.47. The molecule has 0 saturated heterocycles. The third-order valence-electron chi connectivity index (χ3n) is 3.58. The van der Waals surface area contributed by atoms with Crippen molar-refractivity contribution in [3.05, 3.63) is 29.3 Å². The predicted octanol–water partition coefficient (Wildman–Crippen LogP) is 3.82. The average Bonchev–Trinajstić information content (AvgIpc) is 2.94. The second-order valence-corrected chi connectivity index (χ2v) is 4.97. The molecule has 0 aliphatic carbocycles. The highest BCUT2D eigenvalue weighted by atomic mass is 16.4. The zero-order chi connectivity index (χ0) is 14.9. The zero-order valence-corrected chi connectivity index (χ0v) is 12.3. The molecule has 20 heavy (non-hydrogen) atoms. The summed E-state index contributed by atoms with van der Waals surface area (Å²) in [6.07, 6.45) is 3.46. The molecule has 2 aromatic rings. The van der Waals surface area contributed by atoms with Crippen LogP contribution in [0.15, 0.2) is 16.7 Å². The molecule has 2 rings (SSSR count). The quantitative estimate of drug-likeness (QED) is 0.901. The number of hydrogen-bond acceptors (Lipinski definition) is 3. The van der Waals surface area contributed by atoms with E-state index in [-0.39, 0.29) is 11.6 Å². The van der Waals surface area contributed by atoms with Crippen molar-refractivity contribution in [1.29, 1.82) is 0 Å². The van der Waals surface area contributed by atoms with E-state index in [2.05, 4.69) is 18.9 Å². The lowest BCUT2D eigenvalue weighted by Gasteiger charge is -2.12. The number of nitrogens with zero attached hydrogens (tertiary/aromatic N) is 2. The number of aromatic nitrogens is 2. The van der Waals surface area contributed by atoms with Crippen LogP contribution in [0.1, 0.15) is 54.6 Å². The molecule has 2 aromatic heterocycles. The van der Waals surface area contributed by atoms with Crippen LogP contribution in [0.25, 0.3) is 11.3 Å². The van der Waals surface area contributed by atoms with Crippen LogP contribution in [-0.4, -0.2) is 20.9 Å². The molecule has 5 heteroatoms. The minimum Gasteiger partial charge on any atom is -0.478 e. The van der Waals surface area contributed by atoms with Gasteiger partial charge in [0.2, 0.25) is 0 Å². The van der Waals surface area contributed by atoms with Crippen LogP contribution in [0.5, 0.6) is 0 Å². The lowest BCUT2D eigenvalue weighted by atomic mass is 10.1. The molecule has 0 unspecified atom stereocenters. The molecule has 0 atom stereocenters. The molecular weight excluding hydrogens is 256 g/mol. The van der Waals surface area contributed by atoms with Gasteiger partial charge >= 0.3 is 5.97 Å². The van der Waals surface area contributed by atoms with Crippen molar-refractivity contribution in [3.63, 3.8) is 0 Å². The maximum absolute atomic E-state index is 11.4. The second-order valence-electron chi connectivity index (χ2n) is 4.97. The molecule has 0 spiro atoms. The van der Waals surface area contributed by atoms with E-state index in [1.165, 1.54) is 0 Å². The van der Waals surface area contributed by atoms with E-state index in [0.717, 1.165) is 24.2 Å². The Kier molecular flexibility index (Phi) is 3.97. The van der Waals surface area contributed by atoms with Crippen LogP contribution in [-0.2, 0) is 0 Å². The third kappa shape index (κ3) is 2.48. The Labute approximate surface area is 118 Å². The van der Waals surface area contributed by atoms with E-state index in [1.54, 1.807) is 10.9 Å². The summed E-state index contributed by atoms with van der Waals surface area (Å²) >= 11 is 0. The third-order valence-corrected chi connectivity index (χ3v) is 3.58. The Morgan fingerprint density at radius 2 is 2.05 bits per heavy atom. The van der Waals surface area contributed by atoms with E-state index < -0.39 is 5.97 Å². The number of aromatic carboxylic acids is 1. The Balaban J connectivity index is 2.57. The number of hydrogen-bond donors (Lipinski definition) is 1. The Morgan fingerprint density at radius 3 is 2.50 bits per heavy atom. The number of rotatable bonds is 5. The SMILES string of the molecule is CCC(CC)n1cc(C(=O)O)c(-c2cc(C)oc2C)n1. The minimum absolute atomic E-state index is 0.218. The van der Waals surface area contributed by atoms with Gasteiger partial charge < -0.3 is 9.52 Å². The molecule has 0 fully saturated rings. The standard InChI is InChI=1S/C15H20N2O3/c1-5-11(6-2)17-8-13(15(18)19)14(16-17)12-7-9(3)20-10(12)4/h7-8,11H,5-6H2,1-4H3,(H,18,19). The summed E-state index contributed by atoms with van der Waals surface area (Å²) in [5, 5.41) is 13.9. The Morgan fingerprint density at radius 1 is 1.40 bits per heavy atom. The van der Waals surface area contributed by atoms with Gasteiger partial charge in [-0.1, -0.05) is 13.8 Å². The molecule has 0 aromatic carbocycles. The van der Waals surface area contributed by atoms with Crippen molar-refractivity contribution < 1.29 is 14.3 Å². The predicted molar refractivity (Wildman–Crippen MR) is 76.0 cm³/mol. The molecule has 0 radical (unpaired) electrons. The van der Waals surface area contributed by atoms with E-state index in [0.29, 0.717) is 11.5 Å². The maximum Gasteiger partial charge on any atom is 0.339 e. The summed E-state index contributed by atoms with van der Waals surface area (Å²) in [5.74, 6) is 0.487. The molecule has 0 aliphatic rings. The summed E-state index contributed by atoms with van der Waals surface area (Å²) < 4.78 is 7.25. The number of carbonyl (C=O) groups is 1. The molecule has 5 nitrogen and oxygen atoms in total. The lowest BCUT2D eigenvalue weighted by molar-refractivity contribution is 0.0697. The molecular formula is C15H20N2O3. The highest BCUT2D eigenvalue weighted by molar-refractivity contribution is 5.94. The molecule has 108 valence electrons. The monoisotopic (exact) mass is 276 g/mol. The van der Waals surface area contributed by atoms with Crippen LogP contribution in [0.4, 0.5) is 0 Å². The van der Waals surface area contributed by atoms with Crippen LogP contribution in [0, 0.1) is 13.8 Å². The summed E-state index contributed by atoms with van der Waals surface area (Å²) in [6.45, 7) is 7.81. The molecule has 0 aliphatic heterocycles. The first-order valence-electron chi connectivity index (χ1n) is 6.87. The van der Waals surface area contributed by atoms with E-state index in [4.69, 9.17) is 4.42 Å². The van der Waals surface area contributed by atoms with Gasteiger partial charge in [0, 0.05) is 11.8 Å². The van der Waals surface area contributed by atoms with Crippen molar-refractivity contribution in [2.45, 2.75) is 46.6 Å². The fourth-order valence-corrected chi connectivity index (χ4v) is 2.46. The fraction of sp³-hybridized carbons (Fsp3) is 0.467. The average molecular weight is 276 g/mol. The van der Waals surface area contributed by atoms with E-state index >= 15 is 0 Å². The van der Waals surface area contributed by atoms with Gasteiger partial charge in [-0.3, -0.25) is 4.68 Å². The van der Waals surface area contributed by atoms with Gasteiger partial charge in [0.15, 0.2) is 0 Å². The van der Waals surface area contributed by atoms with Crippen molar-refractivity contribution in [3.8, 4) is 11.3 Å². The molecule has 0 saturated carbocycles. The molecule has 0 bridgehead atoms. The summed E-state index contributed by atoms with van der Waals surface area (Å²) in [6, 6.07) is 2.05. The summed E-state index contributed by atoms with van der Waals surface area (Å²) in [4.78, 5) is 11.4. The molecule has 1 N–H and O–H groups in total. The largest absolute Gasteiger partial charge is 0.478 e. The van der Waals surface area contributed by atoms with Crippen molar-refractivity contribution in [2.75, 3.05) is 0 Å². The highest BCUT2D eigenvalue weighted by Gasteiger charge is 2.22. The lowest BCUT2D eigenvalue weighted by Crippen LogP contribution is -2.07. The van der Waals surface area contributed by atoms with Gasteiger partial charge in [-0.2, -0.15) is 5.10 Å². The van der Waals surface area contributed by atoms with Crippen molar-refractivity contribution in [1.82, 2.24) is 9.78 Å². The smallest absolute Gasteiger partial charge is 0.339 e. The van der Waals surface area contributed by atoms with Gasteiger partial charge in [0.05, 0.1) is 6.04 Å². The van der Waals surface area contributed by atoms with Crippen LogP contribution in [0.2, 0.25) is 0 Å². The van der Waals surface area contributed by atoms with Gasteiger partial charge in [0.1, 0.15) is 22.8 Å². The molecule has 0 amide bonds. The maximum atomic E-state index is 11.4. The van der Waals surface area contributed by atoms with E-state index in [1.807, 2.05) is 19.9 Å². The summed E-state index contributed by atoms with van der Waals surface area (Å²) in [7, 11) is 0. The van der Waals surface area contributed by atoms with E-state index in [9.17, 15) is 9.90 Å². The van der Waals surface area contributed by atoms with Gasteiger partial charge in [-0.15, -0.1) is 0 Å². The van der Waals surface area contributed by atoms with Crippen molar-refractivity contribution >= 4 is 5.97 Å². The highest BCUT2D eigenvalue weighted by Crippen LogP contribution is 2.30. The molecule has 2 heterocycles. The van der Waals surface area contributed by atoms with Crippen LogP contribution in [0.3, 0.4) is 0 Å². The number of aryl methyl sites for hydroxylation is 2. The summed E-state index contributed by atoms with van der Waals surface area (Å²) in [5.41, 5.74) is 1.46. The van der Waals surface area contributed by atoms with Gasteiger partial charge in [0.25, 0.3) is 0 Å². The first kappa shape index (κ1) is 14.4. The van der Waals surface area contributed by atoms with Crippen LogP contribution < -0.4 is 0 Å².